The summed E-state index contributed by atoms with van der Waals surface area (Å²) >= 11 is 19.6. The molecule has 0 saturated carbocycles. The van der Waals surface area contributed by atoms with E-state index in [1.807, 2.05) is 37.3 Å². The SMILES string of the molecule is CCOc1cc(/C=C2\SC(Nc3cc(Cl)ccc3OC)NC2=O)ccc1OCc1ccc(Cl)c(Cl)c1. The molecule has 1 aliphatic heterocycles. The van der Waals surface area contributed by atoms with Gasteiger partial charge in [0, 0.05) is 5.02 Å². The van der Waals surface area contributed by atoms with Crippen LogP contribution in [0.2, 0.25) is 15.1 Å². The van der Waals surface area contributed by atoms with Gasteiger partial charge in [-0.15, -0.1) is 0 Å². The van der Waals surface area contributed by atoms with Crippen molar-refractivity contribution < 1.29 is 19.0 Å². The zero-order chi connectivity index (χ0) is 25.7. The summed E-state index contributed by atoms with van der Waals surface area (Å²) in [7, 11) is 1.58. The van der Waals surface area contributed by atoms with Crippen LogP contribution in [0.1, 0.15) is 18.1 Å². The van der Waals surface area contributed by atoms with Crippen molar-refractivity contribution >= 4 is 64.2 Å². The Labute approximate surface area is 228 Å². The molecule has 1 heterocycles. The number of hydrogen-bond donors (Lipinski definition) is 2. The summed E-state index contributed by atoms with van der Waals surface area (Å²) in [6.45, 7) is 2.66. The zero-order valence-corrected chi connectivity index (χ0v) is 22.5. The Hall–Kier alpha value is -2.71. The van der Waals surface area contributed by atoms with Crippen LogP contribution in [0.4, 0.5) is 5.69 Å². The van der Waals surface area contributed by atoms with E-state index >= 15 is 0 Å². The van der Waals surface area contributed by atoms with Crippen molar-refractivity contribution in [2.75, 3.05) is 19.0 Å². The molecule has 1 aliphatic rings. The quantitative estimate of drug-likeness (QED) is 0.267. The number of halogens is 3. The molecule has 2 N–H and O–H groups in total. The molecule has 1 unspecified atom stereocenters. The fourth-order valence-corrected chi connectivity index (χ4v) is 4.91. The molecular weight excluding hydrogens is 543 g/mol. The smallest absolute Gasteiger partial charge is 0.260 e. The minimum Gasteiger partial charge on any atom is -0.495 e. The van der Waals surface area contributed by atoms with Gasteiger partial charge >= 0.3 is 0 Å². The molecule has 3 aromatic carbocycles. The van der Waals surface area contributed by atoms with Crippen LogP contribution in [0, 0.1) is 0 Å². The number of thioether (sulfide) groups is 1. The number of methoxy groups -OCH3 is 1. The molecule has 4 rings (SSSR count). The summed E-state index contributed by atoms with van der Waals surface area (Å²) in [5.74, 6) is 1.61. The van der Waals surface area contributed by atoms with E-state index in [9.17, 15) is 4.79 Å². The van der Waals surface area contributed by atoms with Gasteiger partial charge in [0.15, 0.2) is 17.0 Å². The topological polar surface area (TPSA) is 68.8 Å². The van der Waals surface area contributed by atoms with Crippen LogP contribution in [0.3, 0.4) is 0 Å². The molecule has 1 saturated heterocycles. The molecule has 0 radical (unpaired) electrons. The molecule has 0 bridgehead atoms. The van der Waals surface area contributed by atoms with E-state index in [2.05, 4.69) is 10.6 Å². The van der Waals surface area contributed by atoms with Gasteiger partial charge in [0.25, 0.3) is 5.91 Å². The van der Waals surface area contributed by atoms with Crippen molar-refractivity contribution in [2.24, 2.45) is 0 Å². The maximum absolute atomic E-state index is 12.6. The lowest BCUT2D eigenvalue weighted by molar-refractivity contribution is -0.116. The highest BCUT2D eigenvalue weighted by Gasteiger charge is 2.28. The van der Waals surface area contributed by atoms with Gasteiger partial charge < -0.3 is 24.8 Å². The van der Waals surface area contributed by atoms with Crippen LogP contribution in [0.15, 0.2) is 59.5 Å². The first-order valence-corrected chi connectivity index (χ1v) is 13.0. The average molecular weight is 566 g/mol. The van der Waals surface area contributed by atoms with E-state index in [4.69, 9.17) is 49.0 Å². The second kappa shape index (κ2) is 12.0. The fraction of sp³-hybridized carbons (Fsp3) is 0.192. The number of carbonyl (C=O) groups excluding carboxylic acids is 1. The van der Waals surface area contributed by atoms with Crippen molar-refractivity contribution in [1.29, 1.82) is 0 Å². The number of amides is 1. The van der Waals surface area contributed by atoms with Gasteiger partial charge in [-0.1, -0.05) is 58.7 Å². The fourth-order valence-electron chi connectivity index (χ4n) is 3.44. The van der Waals surface area contributed by atoms with Gasteiger partial charge in [0.2, 0.25) is 0 Å². The van der Waals surface area contributed by atoms with Crippen molar-refractivity contribution in [3.63, 3.8) is 0 Å². The standard InChI is InChI=1S/C26H23Cl3N2O4S/c1-3-34-23-11-15(5-8-22(23)35-14-16-4-7-18(28)19(29)10-16)12-24-25(32)31-26(36-24)30-20-13-17(27)6-9-21(20)33-2/h4-13,26,30H,3,14H2,1-2H3,(H,31,32)/b24-12-. The summed E-state index contributed by atoms with van der Waals surface area (Å²) in [6.07, 6.45) is 1.81. The first-order chi connectivity index (χ1) is 17.4. The van der Waals surface area contributed by atoms with Crippen molar-refractivity contribution in [3.05, 3.63) is 85.7 Å². The van der Waals surface area contributed by atoms with E-state index in [0.29, 0.717) is 56.1 Å². The van der Waals surface area contributed by atoms with Crippen LogP contribution >= 0.6 is 46.6 Å². The molecule has 1 amide bonds. The van der Waals surface area contributed by atoms with Crippen LogP contribution < -0.4 is 24.8 Å². The molecule has 0 aromatic heterocycles. The monoisotopic (exact) mass is 564 g/mol. The minimum absolute atomic E-state index is 0.184. The maximum atomic E-state index is 12.6. The van der Waals surface area contributed by atoms with Gasteiger partial charge in [-0.05, 0) is 66.6 Å². The average Bonchev–Trinajstić information content (AvgIpc) is 3.19. The molecule has 0 spiro atoms. The van der Waals surface area contributed by atoms with Crippen LogP contribution in [-0.2, 0) is 11.4 Å². The summed E-state index contributed by atoms with van der Waals surface area (Å²) < 4.78 is 17.1. The second-order valence-electron chi connectivity index (χ2n) is 7.65. The predicted molar refractivity (Wildman–Crippen MR) is 148 cm³/mol. The summed E-state index contributed by atoms with van der Waals surface area (Å²) in [5, 5.41) is 7.68. The van der Waals surface area contributed by atoms with E-state index in [-0.39, 0.29) is 11.4 Å². The molecule has 3 aromatic rings. The Kier molecular flexibility index (Phi) is 8.80. The molecule has 1 fully saturated rings. The highest BCUT2D eigenvalue weighted by Crippen LogP contribution is 2.36. The predicted octanol–water partition coefficient (Wildman–Crippen LogP) is 7.23. The number of hydrogen-bond acceptors (Lipinski definition) is 6. The molecule has 36 heavy (non-hydrogen) atoms. The van der Waals surface area contributed by atoms with E-state index < -0.39 is 0 Å². The van der Waals surface area contributed by atoms with Gasteiger partial charge in [0.1, 0.15) is 12.4 Å². The zero-order valence-electron chi connectivity index (χ0n) is 19.4. The molecule has 6 nitrogen and oxygen atoms in total. The molecule has 188 valence electrons. The number of benzene rings is 3. The highest BCUT2D eigenvalue weighted by atomic mass is 35.5. The highest BCUT2D eigenvalue weighted by molar-refractivity contribution is 8.05. The minimum atomic E-state index is -0.378. The lowest BCUT2D eigenvalue weighted by atomic mass is 10.2. The van der Waals surface area contributed by atoms with Crippen LogP contribution in [-0.4, -0.2) is 25.1 Å². The van der Waals surface area contributed by atoms with Crippen LogP contribution in [0.5, 0.6) is 17.2 Å². The Balaban J connectivity index is 1.47. The molecule has 1 atom stereocenters. The molecular formula is C26H23Cl3N2O4S. The maximum Gasteiger partial charge on any atom is 0.260 e. The van der Waals surface area contributed by atoms with Gasteiger partial charge in [0.05, 0.1) is 34.4 Å². The summed E-state index contributed by atoms with van der Waals surface area (Å²) in [5.41, 5.74) is 1.99. The van der Waals surface area contributed by atoms with Gasteiger partial charge in [-0.3, -0.25) is 4.79 Å². The lowest BCUT2D eigenvalue weighted by Crippen LogP contribution is -2.31. The number of nitrogens with one attached hydrogen (secondary N) is 2. The number of ether oxygens (including phenoxy) is 3. The third-order valence-electron chi connectivity index (χ3n) is 5.12. The number of carbonyl (C=O) groups is 1. The van der Waals surface area contributed by atoms with E-state index in [0.717, 1.165) is 11.1 Å². The van der Waals surface area contributed by atoms with Crippen LogP contribution in [0.25, 0.3) is 6.08 Å². The van der Waals surface area contributed by atoms with Gasteiger partial charge in [-0.2, -0.15) is 0 Å². The first kappa shape index (κ1) is 26.4. The Morgan fingerprint density at radius 2 is 1.78 bits per heavy atom. The second-order valence-corrected chi connectivity index (χ2v) is 10.0. The largest absolute Gasteiger partial charge is 0.495 e. The first-order valence-electron chi connectivity index (χ1n) is 11.0. The Morgan fingerprint density at radius 3 is 2.53 bits per heavy atom. The van der Waals surface area contributed by atoms with Gasteiger partial charge in [-0.25, -0.2) is 0 Å². The molecule has 0 aliphatic carbocycles. The summed E-state index contributed by atoms with van der Waals surface area (Å²) in [4.78, 5) is 13.2. The third-order valence-corrected chi connectivity index (χ3v) is 7.13. The third kappa shape index (κ3) is 6.53. The number of rotatable bonds is 9. The molecule has 10 heteroatoms. The number of anilines is 1. The Morgan fingerprint density at radius 1 is 0.972 bits per heavy atom. The lowest BCUT2D eigenvalue weighted by Gasteiger charge is -2.15. The van der Waals surface area contributed by atoms with E-state index in [1.165, 1.54) is 11.8 Å². The normalized spacial score (nSPS) is 16.1. The van der Waals surface area contributed by atoms with Crippen molar-refractivity contribution in [1.82, 2.24) is 5.32 Å². The Bertz CT molecular complexity index is 1300. The summed E-state index contributed by atoms with van der Waals surface area (Å²) in [6, 6.07) is 16.1. The van der Waals surface area contributed by atoms with E-state index in [1.54, 1.807) is 37.4 Å². The van der Waals surface area contributed by atoms with Crippen molar-refractivity contribution in [3.8, 4) is 17.2 Å². The van der Waals surface area contributed by atoms with Crippen molar-refractivity contribution in [2.45, 2.75) is 19.0 Å².